The lowest BCUT2D eigenvalue weighted by Gasteiger charge is -2.35. The van der Waals surface area contributed by atoms with Gasteiger partial charge in [0.15, 0.2) is 0 Å². The normalized spacial score (nSPS) is 24.0. The number of carbonyl (C=O) groups is 2. The van der Waals surface area contributed by atoms with Crippen LogP contribution >= 0.6 is 12.4 Å². The lowest BCUT2D eigenvalue weighted by Crippen LogP contribution is -2.52. The van der Waals surface area contributed by atoms with Gasteiger partial charge in [-0.3, -0.25) is 9.59 Å². The molecular formula is C13H26ClN3O3. The van der Waals surface area contributed by atoms with E-state index in [-0.39, 0.29) is 48.9 Å². The minimum absolute atomic E-state index is 0. The Hall–Kier alpha value is -0.850. The molecule has 20 heavy (non-hydrogen) atoms. The highest BCUT2D eigenvalue weighted by molar-refractivity contribution is 5.87. The van der Waals surface area contributed by atoms with Crippen LogP contribution in [0, 0.1) is 5.92 Å². The second kappa shape index (κ2) is 8.44. The van der Waals surface area contributed by atoms with Gasteiger partial charge >= 0.3 is 0 Å². The van der Waals surface area contributed by atoms with Gasteiger partial charge in [0, 0.05) is 13.1 Å². The molecule has 1 aliphatic heterocycles. The Balaban J connectivity index is 0.00000361. The number of nitrogens with one attached hydrogen (secondary N) is 1. The van der Waals surface area contributed by atoms with Gasteiger partial charge in [-0.15, -0.1) is 12.4 Å². The first kappa shape index (κ1) is 19.1. The van der Waals surface area contributed by atoms with E-state index in [0.29, 0.717) is 13.1 Å². The fourth-order valence-corrected chi connectivity index (χ4v) is 2.08. The van der Waals surface area contributed by atoms with Gasteiger partial charge in [0.1, 0.15) is 0 Å². The van der Waals surface area contributed by atoms with Gasteiger partial charge in [0.25, 0.3) is 0 Å². The van der Waals surface area contributed by atoms with E-state index >= 15 is 0 Å². The Morgan fingerprint density at radius 3 is 2.25 bits per heavy atom. The van der Waals surface area contributed by atoms with Crippen LogP contribution in [0.5, 0.6) is 0 Å². The molecule has 6 nitrogen and oxygen atoms in total. The largest absolute Gasteiger partial charge is 0.372 e. The second-order valence-corrected chi connectivity index (χ2v) is 5.54. The van der Waals surface area contributed by atoms with Gasteiger partial charge in [-0.2, -0.15) is 0 Å². The predicted molar refractivity (Wildman–Crippen MR) is 79.7 cm³/mol. The minimum atomic E-state index is -0.574. The zero-order chi connectivity index (χ0) is 14.6. The zero-order valence-electron chi connectivity index (χ0n) is 12.6. The van der Waals surface area contributed by atoms with Gasteiger partial charge < -0.3 is 20.7 Å². The van der Waals surface area contributed by atoms with Crippen LogP contribution in [0.25, 0.3) is 0 Å². The van der Waals surface area contributed by atoms with Gasteiger partial charge in [-0.05, 0) is 19.8 Å². The topological polar surface area (TPSA) is 84.7 Å². The van der Waals surface area contributed by atoms with Gasteiger partial charge in [0.2, 0.25) is 11.8 Å². The highest BCUT2D eigenvalue weighted by atomic mass is 35.5. The molecule has 1 rings (SSSR count). The number of amides is 2. The summed E-state index contributed by atoms with van der Waals surface area (Å²) in [6.45, 7) is 8.74. The van der Waals surface area contributed by atoms with Crippen molar-refractivity contribution in [2.24, 2.45) is 11.7 Å². The molecular weight excluding hydrogens is 282 g/mol. The quantitative estimate of drug-likeness (QED) is 0.774. The van der Waals surface area contributed by atoms with Crippen molar-refractivity contribution in [1.29, 1.82) is 0 Å². The zero-order valence-corrected chi connectivity index (χ0v) is 13.4. The van der Waals surface area contributed by atoms with Crippen molar-refractivity contribution in [3.63, 3.8) is 0 Å². The summed E-state index contributed by atoms with van der Waals surface area (Å²) >= 11 is 0. The first-order chi connectivity index (χ1) is 8.81. The molecule has 3 N–H and O–H groups in total. The number of carbonyl (C=O) groups excluding carboxylic acids is 2. The molecule has 1 aliphatic rings. The van der Waals surface area contributed by atoms with Gasteiger partial charge in [-0.25, -0.2) is 0 Å². The number of halogens is 1. The summed E-state index contributed by atoms with van der Waals surface area (Å²) in [5, 5.41) is 2.59. The molecule has 0 aromatic heterocycles. The summed E-state index contributed by atoms with van der Waals surface area (Å²) in [4.78, 5) is 25.4. The van der Waals surface area contributed by atoms with E-state index in [0.717, 1.165) is 0 Å². The van der Waals surface area contributed by atoms with Crippen LogP contribution in [-0.4, -0.2) is 54.6 Å². The smallest absolute Gasteiger partial charge is 0.242 e. The molecule has 7 heteroatoms. The summed E-state index contributed by atoms with van der Waals surface area (Å²) in [7, 11) is 0. The number of hydrogen-bond acceptors (Lipinski definition) is 4. The molecule has 0 bridgehead atoms. The van der Waals surface area contributed by atoms with Crippen LogP contribution in [0.4, 0.5) is 0 Å². The maximum Gasteiger partial charge on any atom is 0.242 e. The Bertz CT molecular complexity index is 329. The van der Waals surface area contributed by atoms with E-state index < -0.39 is 6.04 Å². The molecule has 0 spiro atoms. The van der Waals surface area contributed by atoms with Crippen LogP contribution in [0.15, 0.2) is 0 Å². The minimum Gasteiger partial charge on any atom is -0.372 e. The third kappa shape index (κ3) is 5.64. The van der Waals surface area contributed by atoms with E-state index in [2.05, 4.69) is 5.32 Å². The van der Waals surface area contributed by atoms with Crippen LogP contribution in [0.3, 0.4) is 0 Å². The number of rotatable bonds is 4. The van der Waals surface area contributed by atoms with Crippen molar-refractivity contribution >= 4 is 24.2 Å². The molecule has 0 aromatic carbocycles. The Morgan fingerprint density at radius 2 is 1.80 bits per heavy atom. The van der Waals surface area contributed by atoms with Crippen molar-refractivity contribution in [1.82, 2.24) is 10.2 Å². The van der Waals surface area contributed by atoms with E-state index in [1.807, 2.05) is 27.7 Å². The van der Waals surface area contributed by atoms with Crippen molar-refractivity contribution < 1.29 is 14.3 Å². The second-order valence-electron chi connectivity index (χ2n) is 5.54. The lowest BCUT2D eigenvalue weighted by molar-refractivity contribution is -0.143. The molecule has 1 heterocycles. The van der Waals surface area contributed by atoms with Gasteiger partial charge in [-0.1, -0.05) is 13.8 Å². The maximum atomic E-state index is 12.0. The molecule has 3 atom stereocenters. The van der Waals surface area contributed by atoms with E-state index in [4.69, 9.17) is 10.5 Å². The summed E-state index contributed by atoms with van der Waals surface area (Å²) < 4.78 is 5.56. The lowest BCUT2D eigenvalue weighted by atomic mass is 10.1. The molecule has 0 saturated carbocycles. The van der Waals surface area contributed by atoms with Crippen LogP contribution < -0.4 is 11.1 Å². The SMILES string of the molecule is CC1CN(C(=O)CNC(=O)[C@@H](N)C(C)C)CC(C)O1.Cl. The Morgan fingerprint density at radius 1 is 1.30 bits per heavy atom. The summed E-state index contributed by atoms with van der Waals surface area (Å²) in [6, 6.07) is -0.574. The highest BCUT2D eigenvalue weighted by Crippen LogP contribution is 2.10. The number of nitrogens with zero attached hydrogens (tertiary/aromatic N) is 1. The monoisotopic (exact) mass is 307 g/mol. The Labute approximate surface area is 126 Å². The van der Waals surface area contributed by atoms with Crippen LogP contribution in [0.2, 0.25) is 0 Å². The van der Waals surface area contributed by atoms with Crippen molar-refractivity contribution in [3.8, 4) is 0 Å². The number of hydrogen-bond donors (Lipinski definition) is 2. The summed E-state index contributed by atoms with van der Waals surface area (Å²) in [6.07, 6.45) is 0.0580. The van der Waals surface area contributed by atoms with E-state index in [1.54, 1.807) is 4.90 Å². The standard InChI is InChI=1S/C13H25N3O3.ClH/c1-8(2)12(14)13(18)15-5-11(17)16-6-9(3)19-10(4)7-16;/h8-10,12H,5-7,14H2,1-4H3,(H,15,18);1H/t9?,10?,12-;/m0./s1. The number of morpholine rings is 1. The van der Waals surface area contributed by atoms with E-state index in [1.165, 1.54) is 0 Å². The molecule has 1 fully saturated rings. The van der Waals surface area contributed by atoms with Crippen molar-refractivity contribution in [3.05, 3.63) is 0 Å². The number of ether oxygens (including phenoxy) is 1. The summed E-state index contributed by atoms with van der Waals surface area (Å²) in [5.74, 6) is -0.317. The third-order valence-electron chi connectivity index (χ3n) is 3.21. The van der Waals surface area contributed by atoms with E-state index in [9.17, 15) is 9.59 Å². The first-order valence-corrected chi connectivity index (χ1v) is 6.77. The maximum absolute atomic E-state index is 12.0. The van der Waals surface area contributed by atoms with Gasteiger partial charge in [0.05, 0.1) is 24.8 Å². The molecule has 118 valence electrons. The van der Waals surface area contributed by atoms with Crippen molar-refractivity contribution in [2.75, 3.05) is 19.6 Å². The fourth-order valence-electron chi connectivity index (χ4n) is 2.08. The first-order valence-electron chi connectivity index (χ1n) is 6.77. The molecule has 2 unspecified atom stereocenters. The Kier molecular flexibility index (Phi) is 8.08. The van der Waals surface area contributed by atoms with Crippen molar-refractivity contribution in [2.45, 2.75) is 45.9 Å². The third-order valence-corrected chi connectivity index (χ3v) is 3.21. The summed E-state index contributed by atoms with van der Waals surface area (Å²) in [5.41, 5.74) is 5.71. The van der Waals surface area contributed by atoms with Crippen LogP contribution in [-0.2, 0) is 14.3 Å². The number of nitrogens with two attached hydrogens (primary N) is 1. The predicted octanol–water partition coefficient (Wildman–Crippen LogP) is 0.144. The highest BCUT2D eigenvalue weighted by Gasteiger charge is 2.26. The molecule has 0 aromatic rings. The van der Waals surface area contributed by atoms with Crippen LogP contribution in [0.1, 0.15) is 27.7 Å². The molecule has 2 amide bonds. The molecule has 1 saturated heterocycles. The molecule has 0 aliphatic carbocycles. The fraction of sp³-hybridized carbons (Fsp3) is 0.846. The average Bonchev–Trinajstić information content (AvgIpc) is 2.33. The molecule has 0 radical (unpaired) electrons. The average molecular weight is 308 g/mol.